The smallest absolute Gasteiger partial charge is 0.309 e. The SMILES string of the molecule is C=C(CC(CC(O)C(C)C(O)CC(O)C(C)(C)C(O)C/C(C)=C/[C@H](O)[C@@H]1O[C@@H]2C[C@H](C)C[C@@H](O)C/C(C)=C\C(O)CC(=O)O[C@H]1C2)OC(=O)CCCCCCCCC/C=C/C(Cl)=C\Cl)/C(=C/Br)OC. The van der Waals surface area contributed by atoms with Gasteiger partial charge in [0.15, 0.2) is 0 Å². The molecule has 0 radical (unpaired) electrons. The van der Waals surface area contributed by atoms with E-state index in [9.17, 15) is 45.3 Å². The fraction of sp³-hybridized carbons (Fsp3) is 0.736. The van der Waals surface area contributed by atoms with E-state index in [1.54, 1.807) is 57.8 Å². The van der Waals surface area contributed by atoms with Crippen molar-refractivity contribution in [3.05, 3.63) is 68.9 Å². The van der Waals surface area contributed by atoms with Gasteiger partial charge in [0.2, 0.25) is 0 Å². The minimum absolute atomic E-state index is 0.00703. The summed E-state index contributed by atoms with van der Waals surface area (Å²) in [5.74, 6) is -1.27. The lowest BCUT2D eigenvalue weighted by Gasteiger charge is -2.38. The van der Waals surface area contributed by atoms with Crippen molar-refractivity contribution >= 4 is 51.1 Å². The van der Waals surface area contributed by atoms with E-state index in [1.807, 2.05) is 13.0 Å². The number of hydrogen-bond acceptors (Lipinski definition) is 13. The van der Waals surface area contributed by atoms with Crippen LogP contribution >= 0.6 is 39.1 Å². The molecule has 13 nitrogen and oxygen atoms in total. The molecule has 0 aliphatic carbocycles. The summed E-state index contributed by atoms with van der Waals surface area (Å²) >= 11 is 14.7. The first kappa shape index (κ1) is 63.0. The molecule has 2 aliphatic heterocycles. The third-order valence-electron chi connectivity index (χ3n) is 13.5. The summed E-state index contributed by atoms with van der Waals surface area (Å²) in [7, 11) is 1.49. The molecule has 69 heavy (non-hydrogen) atoms. The van der Waals surface area contributed by atoms with Crippen LogP contribution in [-0.2, 0) is 28.5 Å². The van der Waals surface area contributed by atoms with E-state index in [0.29, 0.717) is 54.0 Å². The molecule has 2 heterocycles. The fourth-order valence-electron chi connectivity index (χ4n) is 9.07. The maximum atomic E-state index is 13.1. The largest absolute Gasteiger partial charge is 0.496 e. The second-order valence-corrected chi connectivity index (χ2v) is 21.4. The molecular weight excluding hydrogens is 995 g/mol. The third kappa shape index (κ3) is 24.0. The maximum Gasteiger partial charge on any atom is 0.309 e. The van der Waals surface area contributed by atoms with Gasteiger partial charge in [-0.2, -0.15) is 0 Å². The highest BCUT2D eigenvalue weighted by Crippen LogP contribution is 2.36. The molecule has 0 amide bonds. The Balaban J connectivity index is 2.00. The summed E-state index contributed by atoms with van der Waals surface area (Å²) in [5, 5.41) is 78.7. The molecule has 396 valence electrons. The van der Waals surface area contributed by atoms with Crippen molar-refractivity contribution in [1.82, 2.24) is 0 Å². The Morgan fingerprint density at radius 2 is 1.61 bits per heavy atom. The molecule has 1 fully saturated rings. The van der Waals surface area contributed by atoms with E-state index < -0.39 is 84.3 Å². The van der Waals surface area contributed by atoms with Gasteiger partial charge in [-0.1, -0.05) is 135 Å². The molecule has 7 N–H and O–H groups in total. The predicted octanol–water partition coefficient (Wildman–Crippen LogP) is 9.64. The molecule has 2 aliphatic rings. The van der Waals surface area contributed by atoms with Gasteiger partial charge in [-0.25, -0.2) is 0 Å². The zero-order chi connectivity index (χ0) is 51.8. The van der Waals surface area contributed by atoms with Crippen molar-refractivity contribution in [2.24, 2.45) is 17.3 Å². The average Bonchev–Trinajstić information content (AvgIpc) is 3.65. The summed E-state index contributed by atoms with van der Waals surface area (Å²) in [6.45, 7) is 14.6. The van der Waals surface area contributed by atoms with Crippen LogP contribution in [0.3, 0.4) is 0 Å². The van der Waals surface area contributed by atoms with Crippen LogP contribution in [0.4, 0.5) is 0 Å². The van der Waals surface area contributed by atoms with Crippen molar-refractivity contribution in [2.75, 3.05) is 7.11 Å². The number of aliphatic hydroxyl groups excluding tert-OH is 7. The van der Waals surface area contributed by atoms with Gasteiger partial charge in [0, 0.05) is 54.0 Å². The molecule has 16 heteroatoms. The van der Waals surface area contributed by atoms with Crippen LogP contribution in [0.1, 0.15) is 157 Å². The molecule has 2 rings (SSSR count). The van der Waals surface area contributed by atoms with E-state index in [1.165, 1.54) is 12.6 Å². The summed E-state index contributed by atoms with van der Waals surface area (Å²) in [5.41, 5.74) is 2.09. The number of carbonyl (C=O) groups is 2. The normalized spacial score (nSPS) is 26.5. The van der Waals surface area contributed by atoms with Crippen molar-refractivity contribution < 1.29 is 64.3 Å². The summed E-state index contributed by atoms with van der Waals surface area (Å²) in [4.78, 5) is 27.5. The average molecular weight is 1080 g/mol. The van der Waals surface area contributed by atoms with Crippen LogP contribution in [0, 0.1) is 17.3 Å². The molecule has 13 atom stereocenters. The van der Waals surface area contributed by atoms with Gasteiger partial charge in [0.25, 0.3) is 0 Å². The molecule has 0 saturated carbocycles. The number of ether oxygens (including phenoxy) is 4. The lowest BCUT2D eigenvalue weighted by molar-refractivity contribution is -0.156. The number of carbonyl (C=O) groups excluding carboxylic acids is 2. The van der Waals surface area contributed by atoms with E-state index in [4.69, 9.17) is 42.1 Å². The van der Waals surface area contributed by atoms with Crippen LogP contribution in [0.15, 0.2) is 68.9 Å². The number of methoxy groups -OCH3 is 1. The monoisotopic (exact) mass is 1080 g/mol. The quantitative estimate of drug-likeness (QED) is 0.0128. The van der Waals surface area contributed by atoms with Crippen molar-refractivity contribution in [1.29, 1.82) is 0 Å². The van der Waals surface area contributed by atoms with Gasteiger partial charge < -0.3 is 54.7 Å². The highest BCUT2D eigenvalue weighted by molar-refractivity contribution is 9.11. The van der Waals surface area contributed by atoms with Crippen molar-refractivity contribution in [2.45, 2.75) is 224 Å². The Labute approximate surface area is 430 Å². The highest BCUT2D eigenvalue weighted by Gasteiger charge is 2.43. The Morgan fingerprint density at radius 1 is 0.971 bits per heavy atom. The Morgan fingerprint density at radius 3 is 2.25 bits per heavy atom. The molecule has 0 aromatic heterocycles. The first-order valence-corrected chi connectivity index (χ1v) is 26.5. The van der Waals surface area contributed by atoms with Crippen LogP contribution in [0.5, 0.6) is 0 Å². The second kappa shape index (κ2) is 32.9. The zero-order valence-electron chi connectivity index (χ0n) is 42.1. The second-order valence-electron chi connectivity index (χ2n) is 20.2. The van der Waals surface area contributed by atoms with E-state index in [-0.39, 0.29) is 50.5 Å². The number of halogens is 3. The number of unbranched alkanes of at least 4 members (excludes halogenated alkanes) is 7. The first-order valence-electron chi connectivity index (χ1n) is 24.8. The molecule has 1 saturated heterocycles. The first-order chi connectivity index (χ1) is 32.5. The van der Waals surface area contributed by atoms with Gasteiger partial charge in [0.05, 0.1) is 61.3 Å². The van der Waals surface area contributed by atoms with Gasteiger partial charge >= 0.3 is 11.9 Å². The number of esters is 2. The third-order valence-corrected chi connectivity index (χ3v) is 14.5. The Bertz CT molecular complexity index is 1710. The minimum atomic E-state index is -1.22. The van der Waals surface area contributed by atoms with Gasteiger partial charge in [0.1, 0.15) is 30.2 Å². The van der Waals surface area contributed by atoms with E-state index >= 15 is 0 Å². The minimum Gasteiger partial charge on any atom is -0.496 e. The summed E-state index contributed by atoms with van der Waals surface area (Å²) in [6.07, 6.45) is 6.07. The lowest BCUT2D eigenvalue weighted by Crippen LogP contribution is -2.44. The van der Waals surface area contributed by atoms with E-state index in [2.05, 4.69) is 22.5 Å². The number of aliphatic hydroxyl groups is 7. The van der Waals surface area contributed by atoms with Crippen molar-refractivity contribution in [3.63, 3.8) is 0 Å². The topological polar surface area (TPSA) is 213 Å². The van der Waals surface area contributed by atoms with Crippen LogP contribution in [0.2, 0.25) is 0 Å². The van der Waals surface area contributed by atoms with Gasteiger partial charge in [-0.05, 0) is 76.4 Å². The highest BCUT2D eigenvalue weighted by atomic mass is 79.9. The standard InChI is InChI=1S/C53H85BrCl2O13/c1-33-20-39(57)22-34(2)23-41-29-46(69-51(65)27-40(58)21-33)52(68-41)45(61)24-35(3)25-48(62)53(6,7)49(63)30-44(60)37(5)43(59)28-42(26-36(4)47(31-54)66-8)67-50(64)19-17-15-13-11-9-10-12-14-16-18-38(56)32-55/h16,18,21,24,31-32,34,37,39-46,48-49,52,57-63H,4,9-15,17,19-20,22-23,25-30H2,1-3,5-8H3/b18-16+,33-21-,35-24+,38-32+,47-31-/t34-,37?,39+,40?,41-,42?,43?,44?,45+,46+,48?,49?,52+/m1/s1. The number of allylic oxidation sites excluding steroid dienone is 4. The summed E-state index contributed by atoms with van der Waals surface area (Å²) < 4.78 is 23.3. The van der Waals surface area contributed by atoms with Crippen LogP contribution in [0.25, 0.3) is 0 Å². The number of fused-ring (bicyclic) bond motifs is 2. The molecule has 0 aromatic rings. The molecule has 2 bridgehead atoms. The Kier molecular flexibility index (Phi) is 30.0. The van der Waals surface area contributed by atoms with Gasteiger partial charge in [-0.3, -0.25) is 9.59 Å². The number of hydrogen-bond donors (Lipinski definition) is 7. The summed E-state index contributed by atoms with van der Waals surface area (Å²) in [6, 6.07) is 0. The Hall–Kier alpha value is -2.08. The molecule has 0 aromatic carbocycles. The fourth-order valence-corrected chi connectivity index (χ4v) is 9.75. The predicted molar refractivity (Wildman–Crippen MR) is 275 cm³/mol. The van der Waals surface area contributed by atoms with Gasteiger partial charge in [-0.15, -0.1) is 0 Å². The number of rotatable bonds is 28. The van der Waals surface area contributed by atoms with Crippen LogP contribution in [-0.4, -0.2) is 122 Å². The van der Waals surface area contributed by atoms with Crippen LogP contribution < -0.4 is 0 Å². The molecule has 7 unspecified atom stereocenters. The molecule has 0 spiro atoms. The maximum absolute atomic E-state index is 13.1. The molecular formula is C53H85BrCl2O13. The lowest BCUT2D eigenvalue weighted by atomic mass is 9.75. The van der Waals surface area contributed by atoms with E-state index in [0.717, 1.165) is 50.5 Å². The van der Waals surface area contributed by atoms with Crippen molar-refractivity contribution in [3.8, 4) is 0 Å². The zero-order valence-corrected chi connectivity index (χ0v) is 45.2.